The van der Waals surface area contributed by atoms with Gasteiger partial charge in [0.2, 0.25) is 0 Å². The zero-order valence-electron chi connectivity index (χ0n) is 10.9. The Morgan fingerprint density at radius 1 is 1.15 bits per heavy atom. The van der Waals surface area contributed by atoms with Crippen LogP contribution in [0.1, 0.15) is 15.9 Å². The Hall–Kier alpha value is -1.08. The van der Waals surface area contributed by atoms with Crippen molar-refractivity contribution in [3.63, 3.8) is 0 Å². The lowest BCUT2D eigenvalue weighted by molar-refractivity contribution is 0.0733. The molecule has 2 aromatic carbocycles. The number of esters is 1. The van der Waals surface area contributed by atoms with Gasteiger partial charge in [-0.2, -0.15) is 0 Å². The van der Waals surface area contributed by atoms with Gasteiger partial charge in [-0.3, -0.25) is 0 Å². The third-order valence-corrected chi connectivity index (χ3v) is 4.14. The molecule has 0 bridgehead atoms. The smallest absolute Gasteiger partial charge is 0.343 e. The zero-order valence-corrected chi connectivity index (χ0v) is 14.7. The van der Waals surface area contributed by atoms with Gasteiger partial charge in [0.05, 0.1) is 20.7 Å². The minimum absolute atomic E-state index is 0.393. The molecule has 0 saturated carbocycles. The second kappa shape index (κ2) is 6.58. The maximum Gasteiger partial charge on any atom is 0.343 e. The largest absolute Gasteiger partial charge is 0.496 e. The van der Waals surface area contributed by atoms with Crippen molar-refractivity contribution in [1.29, 1.82) is 0 Å². The third kappa shape index (κ3) is 3.52. The highest BCUT2D eigenvalue weighted by atomic mass is 127. The quantitative estimate of drug-likeness (QED) is 0.393. The van der Waals surface area contributed by atoms with Crippen LogP contribution < -0.4 is 9.47 Å². The van der Waals surface area contributed by atoms with Crippen molar-refractivity contribution in [1.82, 2.24) is 0 Å². The van der Waals surface area contributed by atoms with Crippen LogP contribution in [0.15, 0.2) is 40.9 Å². The Morgan fingerprint density at radius 3 is 2.45 bits per heavy atom. The molecule has 0 aliphatic heterocycles. The number of methoxy groups -OCH3 is 1. The number of ether oxygens (including phenoxy) is 2. The van der Waals surface area contributed by atoms with E-state index in [1.807, 2.05) is 19.1 Å². The molecule has 2 aromatic rings. The molecule has 0 aliphatic carbocycles. The summed E-state index contributed by atoms with van der Waals surface area (Å²) in [4.78, 5) is 12.1. The maximum atomic E-state index is 12.1. The summed E-state index contributed by atoms with van der Waals surface area (Å²) in [6, 6.07) is 10.7. The van der Waals surface area contributed by atoms with Crippen LogP contribution in [0.4, 0.5) is 0 Å². The van der Waals surface area contributed by atoms with Gasteiger partial charge < -0.3 is 9.47 Å². The lowest BCUT2D eigenvalue weighted by atomic mass is 10.2. The molecule has 0 saturated heterocycles. The molecule has 0 heterocycles. The van der Waals surface area contributed by atoms with Crippen molar-refractivity contribution in [2.45, 2.75) is 6.92 Å². The number of carbonyl (C=O) groups excluding carboxylic acids is 1. The number of halogens is 2. The second-order valence-corrected chi connectivity index (χ2v) is 6.19. The predicted octanol–water partition coefficient (Wildman–Crippen LogP) is 4.59. The standard InChI is InChI=1S/C15H12BrIO3/c1-9-3-5-13(11(16)7-9)20-15(18)10-4-6-14(19-2)12(17)8-10/h3-8H,1-2H3. The van der Waals surface area contributed by atoms with Crippen molar-refractivity contribution in [3.05, 3.63) is 55.6 Å². The SMILES string of the molecule is COc1ccc(C(=O)Oc2ccc(C)cc2Br)cc1I. The molecule has 0 spiro atoms. The van der Waals surface area contributed by atoms with Crippen LogP contribution in [-0.2, 0) is 0 Å². The van der Waals surface area contributed by atoms with E-state index in [1.165, 1.54) is 0 Å². The molecular weight excluding hydrogens is 435 g/mol. The molecule has 104 valence electrons. The fourth-order valence-corrected chi connectivity index (χ4v) is 2.95. The Labute approximate surface area is 139 Å². The van der Waals surface area contributed by atoms with Gasteiger partial charge in [-0.25, -0.2) is 4.79 Å². The van der Waals surface area contributed by atoms with E-state index >= 15 is 0 Å². The van der Waals surface area contributed by atoms with Gasteiger partial charge in [-0.15, -0.1) is 0 Å². The number of benzene rings is 2. The van der Waals surface area contributed by atoms with Gasteiger partial charge in [0.15, 0.2) is 0 Å². The minimum Gasteiger partial charge on any atom is -0.496 e. The zero-order chi connectivity index (χ0) is 14.7. The molecular formula is C15H12BrIO3. The number of carbonyl (C=O) groups is 1. The van der Waals surface area contributed by atoms with Crippen LogP contribution in [-0.4, -0.2) is 13.1 Å². The second-order valence-electron chi connectivity index (χ2n) is 4.17. The van der Waals surface area contributed by atoms with E-state index in [2.05, 4.69) is 38.5 Å². The molecule has 0 fully saturated rings. The first kappa shape index (κ1) is 15.3. The summed E-state index contributed by atoms with van der Waals surface area (Å²) < 4.78 is 12.2. The minimum atomic E-state index is -0.393. The number of rotatable bonds is 3. The van der Waals surface area contributed by atoms with E-state index in [0.717, 1.165) is 19.4 Å². The van der Waals surface area contributed by atoms with Crippen molar-refractivity contribution >= 4 is 44.5 Å². The topological polar surface area (TPSA) is 35.5 Å². The molecule has 0 atom stereocenters. The van der Waals surface area contributed by atoms with Gasteiger partial charge in [0.1, 0.15) is 11.5 Å². The molecule has 0 aromatic heterocycles. The molecule has 3 nitrogen and oxygen atoms in total. The van der Waals surface area contributed by atoms with Gasteiger partial charge in [0.25, 0.3) is 0 Å². The van der Waals surface area contributed by atoms with E-state index in [1.54, 1.807) is 31.4 Å². The number of aryl methyl sites for hydroxylation is 1. The fourth-order valence-electron chi connectivity index (χ4n) is 1.64. The predicted molar refractivity (Wildman–Crippen MR) is 89.5 cm³/mol. The molecule has 20 heavy (non-hydrogen) atoms. The molecule has 0 radical (unpaired) electrons. The van der Waals surface area contributed by atoms with Crippen LogP contribution in [0.25, 0.3) is 0 Å². The Bertz CT molecular complexity index is 656. The molecule has 0 N–H and O–H groups in total. The molecule has 0 amide bonds. The van der Waals surface area contributed by atoms with Crippen molar-refractivity contribution < 1.29 is 14.3 Å². The van der Waals surface area contributed by atoms with E-state index < -0.39 is 5.97 Å². The van der Waals surface area contributed by atoms with E-state index in [-0.39, 0.29) is 0 Å². The normalized spacial score (nSPS) is 10.2. The molecule has 0 unspecified atom stereocenters. The summed E-state index contributed by atoms with van der Waals surface area (Å²) in [6.07, 6.45) is 0. The van der Waals surface area contributed by atoms with Gasteiger partial charge in [-0.1, -0.05) is 6.07 Å². The summed E-state index contributed by atoms with van der Waals surface area (Å²) in [5.74, 6) is 0.847. The van der Waals surface area contributed by atoms with Crippen LogP contribution in [0.2, 0.25) is 0 Å². The first-order valence-electron chi connectivity index (χ1n) is 5.83. The van der Waals surface area contributed by atoms with Crippen LogP contribution in [0.5, 0.6) is 11.5 Å². The highest BCUT2D eigenvalue weighted by Gasteiger charge is 2.13. The Kier molecular flexibility index (Phi) is 5.04. The summed E-state index contributed by atoms with van der Waals surface area (Å²) in [5, 5.41) is 0. The lowest BCUT2D eigenvalue weighted by Crippen LogP contribution is -2.09. The average Bonchev–Trinajstić information content (AvgIpc) is 2.41. The Balaban J connectivity index is 2.21. The summed E-state index contributed by atoms with van der Waals surface area (Å²) >= 11 is 5.51. The molecule has 0 aliphatic rings. The summed E-state index contributed by atoms with van der Waals surface area (Å²) in [7, 11) is 1.60. The van der Waals surface area contributed by atoms with E-state index in [4.69, 9.17) is 9.47 Å². The van der Waals surface area contributed by atoms with Gasteiger partial charge in [-0.05, 0) is 81.3 Å². The Morgan fingerprint density at radius 2 is 1.85 bits per heavy atom. The highest BCUT2D eigenvalue weighted by Crippen LogP contribution is 2.27. The van der Waals surface area contributed by atoms with Gasteiger partial charge >= 0.3 is 5.97 Å². The monoisotopic (exact) mass is 446 g/mol. The van der Waals surface area contributed by atoms with E-state index in [0.29, 0.717) is 11.3 Å². The first-order valence-corrected chi connectivity index (χ1v) is 7.70. The number of hydrogen-bond donors (Lipinski definition) is 0. The lowest BCUT2D eigenvalue weighted by Gasteiger charge is -2.08. The summed E-state index contributed by atoms with van der Waals surface area (Å²) in [6.45, 7) is 1.97. The van der Waals surface area contributed by atoms with Crippen molar-refractivity contribution in [3.8, 4) is 11.5 Å². The maximum absolute atomic E-state index is 12.1. The van der Waals surface area contributed by atoms with Crippen LogP contribution in [0, 0.1) is 10.5 Å². The first-order chi connectivity index (χ1) is 9.51. The average molecular weight is 447 g/mol. The number of hydrogen-bond acceptors (Lipinski definition) is 3. The highest BCUT2D eigenvalue weighted by molar-refractivity contribution is 14.1. The van der Waals surface area contributed by atoms with Crippen molar-refractivity contribution in [2.24, 2.45) is 0 Å². The third-order valence-electron chi connectivity index (χ3n) is 2.68. The van der Waals surface area contributed by atoms with Crippen molar-refractivity contribution in [2.75, 3.05) is 7.11 Å². The van der Waals surface area contributed by atoms with E-state index in [9.17, 15) is 4.79 Å². The summed E-state index contributed by atoms with van der Waals surface area (Å²) in [5.41, 5.74) is 1.58. The van der Waals surface area contributed by atoms with Crippen LogP contribution >= 0.6 is 38.5 Å². The van der Waals surface area contributed by atoms with Crippen LogP contribution in [0.3, 0.4) is 0 Å². The molecule has 5 heteroatoms. The fraction of sp³-hybridized carbons (Fsp3) is 0.133. The molecule has 2 rings (SSSR count). The van der Waals surface area contributed by atoms with Gasteiger partial charge in [0, 0.05) is 0 Å².